The molecular weight excluding hydrogens is 306 g/mol. The van der Waals surface area contributed by atoms with Gasteiger partial charge in [0.2, 0.25) is 0 Å². The fourth-order valence-electron chi connectivity index (χ4n) is 2.39. The number of amides is 1. The number of benzene rings is 1. The molecule has 0 spiro atoms. The average molecular weight is 326 g/mol. The summed E-state index contributed by atoms with van der Waals surface area (Å²) in [6.07, 6.45) is 4.26. The van der Waals surface area contributed by atoms with Gasteiger partial charge < -0.3 is 14.8 Å². The van der Waals surface area contributed by atoms with Crippen molar-refractivity contribution in [2.24, 2.45) is 0 Å². The molecule has 1 aromatic rings. The SMILES string of the molecule is Cc1ccc(Cl)c(OCC(=O)OCC(=O)NC2CCCC2)c1. The summed E-state index contributed by atoms with van der Waals surface area (Å²) in [6, 6.07) is 5.50. The van der Waals surface area contributed by atoms with Crippen molar-refractivity contribution in [3.8, 4) is 5.75 Å². The van der Waals surface area contributed by atoms with Gasteiger partial charge in [-0.2, -0.15) is 0 Å². The molecule has 120 valence electrons. The van der Waals surface area contributed by atoms with E-state index in [0.717, 1.165) is 31.2 Å². The van der Waals surface area contributed by atoms with Crippen LogP contribution in [0, 0.1) is 6.92 Å². The maximum atomic E-state index is 11.6. The Hall–Kier alpha value is -1.75. The lowest BCUT2D eigenvalue weighted by Crippen LogP contribution is -2.36. The Morgan fingerprint density at radius 1 is 1.27 bits per heavy atom. The first kappa shape index (κ1) is 16.6. The standard InChI is InChI=1S/C16H20ClNO4/c1-11-6-7-13(17)14(8-11)21-10-16(20)22-9-15(19)18-12-4-2-3-5-12/h6-8,12H,2-5,9-10H2,1H3,(H,18,19). The van der Waals surface area contributed by atoms with E-state index in [4.69, 9.17) is 21.1 Å². The number of carbonyl (C=O) groups is 2. The minimum atomic E-state index is -0.598. The van der Waals surface area contributed by atoms with Crippen molar-refractivity contribution in [2.45, 2.75) is 38.6 Å². The first-order chi connectivity index (χ1) is 10.5. The largest absolute Gasteiger partial charge is 0.480 e. The number of rotatable bonds is 6. The molecule has 0 bridgehead atoms. The van der Waals surface area contributed by atoms with Gasteiger partial charge in [0.25, 0.3) is 5.91 Å². The van der Waals surface area contributed by atoms with Gasteiger partial charge >= 0.3 is 5.97 Å². The van der Waals surface area contributed by atoms with Crippen LogP contribution in [0.25, 0.3) is 0 Å². The molecule has 1 amide bonds. The van der Waals surface area contributed by atoms with Gasteiger partial charge in [0.05, 0.1) is 5.02 Å². The summed E-state index contributed by atoms with van der Waals surface area (Å²) in [5, 5.41) is 3.27. The summed E-state index contributed by atoms with van der Waals surface area (Å²) in [7, 11) is 0. The number of hydrogen-bond acceptors (Lipinski definition) is 4. The van der Waals surface area contributed by atoms with Crippen molar-refractivity contribution in [3.63, 3.8) is 0 Å². The van der Waals surface area contributed by atoms with Crippen LogP contribution in [0.15, 0.2) is 18.2 Å². The Labute approximate surface area is 134 Å². The number of aryl methyl sites for hydroxylation is 1. The van der Waals surface area contributed by atoms with Gasteiger partial charge in [0.1, 0.15) is 5.75 Å². The van der Waals surface area contributed by atoms with Crippen molar-refractivity contribution in [1.82, 2.24) is 5.32 Å². The number of halogens is 1. The lowest BCUT2D eigenvalue weighted by Gasteiger charge is -2.12. The van der Waals surface area contributed by atoms with Crippen molar-refractivity contribution in [2.75, 3.05) is 13.2 Å². The summed E-state index contributed by atoms with van der Waals surface area (Å²) in [4.78, 5) is 23.2. The highest BCUT2D eigenvalue weighted by atomic mass is 35.5. The van der Waals surface area contributed by atoms with Crippen LogP contribution in [0.2, 0.25) is 5.02 Å². The number of hydrogen-bond donors (Lipinski definition) is 1. The van der Waals surface area contributed by atoms with Gasteiger partial charge in [0.15, 0.2) is 13.2 Å². The van der Waals surface area contributed by atoms with Crippen molar-refractivity contribution in [3.05, 3.63) is 28.8 Å². The Balaban J connectivity index is 1.69. The van der Waals surface area contributed by atoms with Crippen LogP contribution in [-0.2, 0) is 14.3 Å². The molecule has 6 heteroatoms. The molecule has 1 N–H and O–H groups in total. The maximum Gasteiger partial charge on any atom is 0.344 e. The van der Waals surface area contributed by atoms with Gasteiger partial charge in [-0.15, -0.1) is 0 Å². The molecule has 1 fully saturated rings. The van der Waals surface area contributed by atoms with Crippen LogP contribution < -0.4 is 10.1 Å². The van der Waals surface area contributed by atoms with Gasteiger partial charge in [0, 0.05) is 6.04 Å². The van der Waals surface area contributed by atoms with E-state index in [1.807, 2.05) is 13.0 Å². The highest BCUT2D eigenvalue weighted by molar-refractivity contribution is 6.32. The van der Waals surface area contributed by atoms with E-state index < -0.39 is 5.97 Å². The predicted molar refractivity (Wildman–Crippen MR) is 83.0 cm³/mol. The highest BCUT2D eigenvalue weighted by Gasteiger charge is 2.18. The maximum absolute atomic E-state index is 11.6. The molecule has 0 aliphatic heterocycles. The molecular formula is C16H20ClNO4. The quantitative estimate of drug-likeness (QED) is 0.817. The molecule has 1 aliphatic rings. The minimum Gasteiger partial charge on any atom is -0.480 e. The normalized spacial score (nSPS) is 14.6. The second kappa shape index (κ2) is 8.03. The third-order valence-electron chi connectivity index (χ3n) is 3.52. The molecule has 22 heavy (non-hydrogen) atoms. The number of carbonyl (C=O) groups excluding carboxylic acids is 2. The van der Waals surface area contributed by atoms with Gasteiger partial charge in [-0.25, -0.2) is 4.79 Å². The summed E-state index contributed by atoms with van der Waals surface area (Å²) < 4.78 is 10.2. The Morgan fingerprint density at radius 3 is 2.73 bits per heavy atom. The zero-order valence-electron chi connectivity index (χ0n) is 12.6. The van der Waals surface area contributed by atoms with Gasteiger partial charge in [-0.05, 0) is 37.5 Å². The molecule has 0 radical (unpaired) electrons. The smallest absolute Gasteiger partial charge is 0.344 e. The first-order valence-electron chi connectivity index (χ1n) is 7.38. The van der Waals surface area contributed by atoms with Crippen molar-refractivity contribution >= 4 is 23.5 Å². The van der Waals surface area contributed by atoms with Crippen LogP contribution in [0.4, 0.5) is 0 Å². The zero-order valence-corrected chi connectivity index (χ0v) is 13.3. The van der Waals surface area contributed by atoms with E-state index in [1.165, 1.54) is 0 Å². The zero-order chi connectivity index (χ0) is 15.9. The second-order valence-corrected chi connectivity index (χ2v) is 5.84. The molecule has 0 unspecified atom stereocenters. The minimum absolute atomic E-state index is 0.216. The number of nitrogens with one attached hydrogen (secondary N) is 1. The van der Waals surface area contributed by atoms with Crippen LogP contribution in [0.3, 0.4) is 0 Å². The molecule has 0 saturated heterocycles. The summed E-state index contributed by atoms with van der Waals surface area (Å²) in [6.45, 7) is 1.34. The molecule has 1 aliphatic carbocycles. The van der Waals surface area contributed by atoms with E-state index in [-0.39, 0.29) is 25.2 Å². The van der Waals surface area contributed by atoms with Gasteiger partial charge in [-0.3, -0.25) is 4.79 Å². The first-order valence-corrected chi connectivity index (χ1v) is 7.76. The lowest BCUT2D eigenvalue weighted by molar-refractivity contribution is -0.150. The Bertz CT molecular complexity index is 541. The summed E-state index contributed by atoms with van der Waals surface area (Å²) >= 11 is 5.96. The van der Waals surface area contributed by atoms with E-state index in [0.29, 0.717) is 10.8 Å². The third-order valence-corrected chi connectivity index (χ3v) is 3.83. The van der Waals surface area contributed by atoms with E-state index in [1.54, 1.807) is 12.1 Å². The topological polar surface area (TPSA) is 64.6 Å². The van der Waals surface area contributed by atoms with E-state index >= 15 is 0 Å². The average Bonchev–Trinajstić information content (AvgIpc) is 2.99. The monoisotopic (exact) mass is 325 g/mol. The van der Waals surface area contributed by atoms with Crippen LogP contribution in [-0.4, -0.2) is 31.1 Å². The van der Waals surface area contributed by atoms with E-state index in [9.17, 15) is 9.59 Å². The number of esters is 1. The van der Waals surface area contributed by atoms with E-state index in [2.05, 4.69) is 5.32 Å². The fourth-order valence-corrected chi connectivity index (χ4v) is 2.56. The van der Waals surface area contributed by atoms with Gasteiger partial charge in [-0.1, -0.05) is 30.5 Å². The molecule has 1 aromatic carbocycles. The van der Waals surface area contributed by atoms with Crippen LogP contribution in [0.5, 0.6) is 5.75 Å². The molecule has 0 aromatic heterocycles. The van der Waals surface area contributed by atoms with Crippen molar-refractivity contribution in [1.29, 1.82) is 0 Å². The lowest BCUT2D eigenvalue weighted by atomic mass is 10.2. The summed E-state index contributed by atoms with van der Waals surface area (Å²) in [5.74, 6) is -0.443. The molecule has 2 rings (SSSR count). The second-order valence-electron chi connectivity index (χ2n) is 5.43. The molecule has 0 heterocycles. The third kappa shape index (κ3) is 5.22. The predicted octanol–water partition coefficient (Wildman–Crippen LogP) is 2.63. The number of ether oxygens (including phenoxy) is 2. The fraction of sp³-hybridized carbons (Fsp3) is 0.500. The molecule has 1 saturated carbocycles. The molecule has 0 atom stereocenters. The Kier molecular flexibility index (Phi) is 6.07. The Morgan fingerprint density at radius 2 is 2.00 bits per heavy atom. The van der Waals surface area contributed by atoms with Crippen LogP contribution >= 0.6 is 11.6 Å². The molecule has 5 nitrogen and oxygen atoms in total. The summed E-state index contributed by atoms with van der Waals surface area (Å²) in [5.41, 5.74) is 0.976. The van der Waals surface area contributed by atoms with Crippen LogP contribution in [0.1, 0.15) is 31.2 Å². The highest BCUT2D eigenvalue weighted by Crippen LogP contribution is 2.25. The van der Waals surface area contributed by atoms with Crippen molar-refractivity contribution < 1.29 is 19.1 Å².